The zero-order valence-corrected chi connectivity index (χ0v) is 12.0. The Morgan fingerprint density at radius 3 is 1.33 bits per heavy atom. The largest absolute Gasteiger partial charge is 0.466 e. The van der Waals surface area contributed by atoms with E-state index < -0.39 is 9.84 Å². The van der Waals surface area contributed by atoms with Crippen molar-refractivity contribution in [2.24, 2.45) is 0 Å². The van der Waals surface area contributed by atoms with Gasteiger partial charge in [-0.2, -0.15) is 0 Å². The summed E-state index contributed by atoms with van der Waals surface area (Å²) >= 11 is 0. The molecule has 0 heterocycles. The summed E-state index contributed by atoms with van der Waals surface area (Å²) in [6, 6.07) is 12.2. The number of ether oxygens (including phenoxy) is 2. The molecule has 0 aliphatic heterocycles. The SMILES string of the molecule is C=COc1ccc(S(=O)(=O)c2ccc(OC=C)cc2)cc1. The second-order valence-electron chi connectivity index (χ2n) is 4.02. The predicted octanol–water partition coefficient (Wildman–Crippen LogP) is 3.56. The van der Waals surface area contributed by atoms with E-state index in [2.05, 4.69) is 13.2 Å². The highest BCUT2D eigenvalue weighted by molar-refractivity contribution is 7.91. The van der Waals surface area contributed by atoms with E-state index in [4.69, 9.17) is 9.47 Å². The molecule has 5 heteroatoms. The number of benzene rings is 2. The minimum atomic E-state index is -3.57. The van der Waals surface area contributed by atoms with Crippen LogP contribution in [0.1, 0.15) is 0 Å². The zero-order chi connectivity index (χ0) is 15.3. The van der Waals surface area contributed by atoms with Gasteiger partial charge in [-0.15, -0.1) is 0 Å². The second kappa shape index (κ2) is 6.28. The number of rotatable bonds is 6. The van der Waals surface area contributed by atoms with Crippen LogP contribution < -0.4 is 9.47 Å². The van der Waals surface area contributed by atoms with Crippen LogP contribution in [0.2, 0.25) is 0 Å². The Hall–Kier alpha value is -2.53. The molecule has 0 radical (unpaired) electrons. The Morgan fingerprint density at radius 1 is 0.714 bits per heavy atom. The molecule has 2 aromatic rings. The monoisotopic (exact) mass is 302 g/mol. The van der Waals surface area contributed by atoms with Crippen molar-refractivity contribution in [3.05, 3.63) is 74.2 Å². The van der Waals surface area contributed by atoms with Crippen LogP contribution in [0.25, 0.3) is 0 Å². The van der Waals surface area contributed by atoms with E-state index in [9.17, 15) is 8.42 Å². The fourth-order valence-corrected chi connectivity index (χ4v) is 2.98. The quantitative estimate of drug-likeness (QED) is 0.766. The molecule has 0 spiro atoms. The molecule has 0 aromatic heterocycles. The molecule has 2 aromatic carbocycles. The lowest BCUT2D eigenvalue weighted by atomic mass is 10.3. The van der Waals surface area contributed by atoms with Gasteiger partial charge in [0.15, 0.2) is 0 Å². The molecule has 0 fully saturated rings. The van der Waals surface area contributed by atoms with Gasteiger partial charge >= 0.3 is 0 Å². The molecule has 0 amide bonds. The van der Waals surface area contributed by atoms with Crippen molar-refractivity contribution in [3.63, 3.8) is 0 Å². The Labute approximate surface area is 123 Å². The van der Waals surface area contributed by atoms with Crippen molar-refractivity contribution in [3.8, 4) is 11.5 Å². The van der Waals surface area contributed by atoms with Crippen LogP contribution in [0, 0.1) is 0 Å². The van der Waals surface area contributed by atoms with Crippen LogP contribution in [-0.2, 0) is 9.84 Å². The van der Waals surface area contributed by atoms with Crippen molar-refractivity contribution in [2.75, 3.05) is 0 Å². The molecule has 0 atom stereocenters. The molecular weight excluding hydrogens is 288 g/mol. The Bertz CT molecular complexity index is 669. The standard InChI is InChI=1S/C16H14O4S/c1-3-19-13-5-9-15(10-6-13)21(17,18)16-11-7-14(8-12-16)20-4-2/h3-12H,1-2H2. The van der Waals surface area contributed by atoms with Gasteiger partial charge in [-0.3, -0.25) is 0 Å². The normalized spacial score (nSPS) is 10.7. The highest BCUT2D eigenvalue weighted by Gasteiger charge is 2.17. The first-order chi connectivity index (χ1) is 10.1. The van der Waals surface area contributed by atoms with Gasteiger partial charge in [0.2, 0.25) is 9.84 Å². The van der Waals surface area contributed by atoms with Gasteiger partial charge < -0.3 is 9.47 Å². The van der Waals surface area contributed by atoms with E-state index >= 15 is 0 Å². The Morgan fingerprint density at radius 2 is 1.05 bits per heavy atom. The molecule has 0 aliphatic rings. The molecule has 0 saturated heterocycles. The third kappa shape index (κ3) is 3.32. The molecule has 0 unspecified atom stereocenters. The summed E-state index contributed by atoms with van der Waals surface area (Å²) in [5.74, 6) is 1.05. The van der Waals surface area contributed by atoms with Crippen LogP contribution in [0.5, 0.6) is 11.5 Å². The molecule has 2 rings (SSSR count). The first kappa shape index (κ1) is 14.9. The molecule has 0 N–H and O–H groups in total. The summed E-state index contributed by atoms with van der Waals surface area (Å²) < 4.78 is 35.0. The van der Waals surface area contributed by atoms with Gasteiger partial charge in [0.1, 0.15) is 11.5 Å². The average Bonchev–Trinajstić information content (AvgIpc) is 2.49. The summed E-state index contributed by atoms with van der Waals surface area (Å²) in [7, 11) is -3.57. The Kier molecular flexibility index (Phi) is 4.45. The number of hydrogen-bond donors (Lipinski definition) is 0. The summed E-state index contributed by atoms with van der Waals surface area (Å²) in [5.41, 5.74) is 0. The maximum atomic E-state index is 12.5. The van der Waals surface area contributed by atoms with E-state index in [-0.39, 0.29) is 9.79 Å². The highest BCUT2D eigenvalue weighted by atomic mass is 32.2. The van der Waals surface area contributed by atoms with Crippen LogP contribution in [-0.4, -0.2) is 8.42 Å². The highest BCUT2D eigenvalue weighted by Crippen LogP contribution is 2.24. The van der Waals surface area contributed by atoms with Crippen molar-refractivity contribution in [1.29, 1.82) is 0 Å². The first-order valence-corrected chi connectivity index (χ1v) is 7.56. The van der Waals surface area contributed by atoms with Crippen LogP contribution in [0.15, 0.2) is 84.0 Å². The second-order valence-corrected chi connectivity index (χ2v) is 5.96. The molecule has 108 valence electrons. The first-order valence-electron chi connectivity index (χ1n) is 6.08. The smallest absolute Gasteiger partial charge is 0.206 e. The lowest BCUT2D eigenvalue weighted by Gasteiger charge is -2.07. The third-order valence-corrected chi connectivity index (χ3v) is 4.49. The number of hydrogen-bond acceptors (Lipinski definition) is 4. The lowest BCUT2D eigenvalue weighted by molar-refractivity contribution is 0.483. The summed E-state index contributed by atoms with van der Waals surface area (Å²) in [6.07, 6.45) is 2.56. The maximum Gasteiger partial charge on any atom is 0.206 e. The molecule has 0 aliphatic carbocycles. The average molecular weight is 302 g/mol. The van der Waals surface area contributed by atoms with Crippen molar-refractivity contribution in [1.82, 2.24) is 0 Å². The summed E-state index contributed by atoms with van der Waals surface area (Å²) in [6.45, 7) is 6.88. The van der Waals surface area contributed by atoms with Gasteiger partial charge in [-0.1, -0.05) is 13.2 Å². The van der Waals surface area contributed by atoms with E-state index in [1.807, 2.05) is 0 Å². The van der Waals surface area contributed by atoms with Crippen molar-refractivity contribution >= 4 is 9.84 Å². The summed E-state index contributed by atoms with van der Waals surface area (Å²) in [5, 5.41) is 0. The zero-order valence-electron chi connectivity index (χ0n) is 11.2. The van der Waals surface area contributed by atoms with Crippen molar-refractivity contribution < 1.29 is 17.9 Å². The topological polar surface area (TPSA) is 52.6 Å². The van der Waals surface area contributed by atoms with Crippen LogP contribution in [0.4, 0.5) is 0 Å². The van der Waals surface area contributed by atoms with Crippen LogP contribution in [0.3, 0.4) is 0 Å². The van der Waals surface area contributed by atoms with Crippen molar-refractivity contribution in [2.45, 2.75) is 9.79 Å². The molecular formula is C16H14O4S. The van der Waals surface area contributed by atoms with Gasteiger partial charge in [-0.05, 0) is 48.5 Å². The third-order valence-electron chi connectivity index (χ3n) is 2.71. The summed E-state index contributed by atoms with van der Waals surface area (Å²) in [4.78, 5) is 0.382. The minimum absolute atomic E-state index is 0.191. The van der Waals surface area contributed by atoms with E-state index in [0.717, 1.165) is 0 Å². The fourth-order valence-electron chi connectivity index (χ4n) is 1.72. The molecule has 21 heavy (non-hydrogen) atoms. The van der Waals surface area contributed by atoms with E-state index in [1.165, 1.54) is 36.8 Å². The molecule has 0 saturated carbocycles. The van der Waals surface area contributed by atoms with E-state index in [1.54, 1.807) is 24.3 Å². The van der Waals surface area contributed by atoms with Gasteiger partial charge in [0.25, 0.3) is 0 Å². The van der Waals surface area contributed by atoms with E-state index in [0.29, 0.717) is 11.5 Å². The lowest BCUT2D eigenvalue weighted by Crippen LogP contribution is -2.01. The number of sulfone groups is 1. The Balaban J connectivity index is 2.32. The molecule has 0 bridgehead atoms. The maximum absolute atomic E-state index is 12.5. The minimum Gasteiger partial charge on any atom is -0.466 e. The fraction of sp³-hybridized carbons (Fsp3) is 0. The van der Waals surface area contributed by atoms with Gasteiger partial charge in [-0.25, -0.2) is 8.42 Å². The van der Waals surface area contributed by atoms with Gasteiger partial charge in [0, 0.05) is 0 Å². The molecule has 4 nitrogen and oxygen atoms in total. The predicted molar refractivity (Wildman–Crippen MR) is 80.0 cm³/mol. The van der Waals surface area contributed by atoms with Gasteiger partial charge in [0.05, 0.1) is 22.3 Å². The van der Waals surface area contributed by atoms with Crippen LogP contribution >= 0.6 is 0 Å².